The first kappa shape index (κ1) is 19.5. The molecule has 2 saturated heterocycles. The van der Waals surface area contributed by atoms with Crippen LogP contribution in [0.1, 0.15) is 53.4 Å². The number of amides is 4. The summed E-state index contributed by atoms with van der Waals surface area (Å²) in [4.78, 5) is 40.9. The lowest BCUT2D eigenvalue weighted by Crippen LogP contribution is -2.56. The Morgan fingerprint density at radius 1 is 1.32 bits per heavy atom. The van der Waals surface area contributed by atoms with Crippen LogP contribution in [0, 0.1) is 11.8 Å². The number of carbonyl (C=O) groups excluding carboxylic acids is 3. The van der Waals surface area contributed by atoms with E-state index in [1.807, 2.05) is 32.6 Å². The lowest BCUT2D eigenvalue weighted by Gasteiger charge is -2.41. The van der Waals surface area contributed by atoms with Gasteiger partial charge in [-0.1, -0.05) is 32.9 Å². The molecule has 140 valence electrons. The summed E-state index contributed by atoms with van der Waals surface area (Å²) in [5.41, 5.74) is -0.0534. The number of urea groups is 1. The number of likely N-dealkylation sites (tertiary alicyclic amines) is 1. The van der Waals surface area contributed by atoms with E-state index in [1.165, 1.54) is 4.90 Å². The minimum atomic E-state index is -0.835. The van der Waals surface area contributed by atoms with Gasteiger partial charge in [0.05, 0.1) is 6.54 Å². The Balaban J connectivity index is 2.10. The molecule has 0 saturated carbocycles. The minimum Gasteiger partial charge on any atom is -0.342 e. The van der Waals surface area contributed by atoms with Gasteiger partial charge in [0.2, 0.25) is 5.91 Å². The van der Waals surface area contributed by atoms with Crippen molar-refractivity contribution in [3.8, 4) is 0 Å². The van der Waals surface area contributed by atoms with Crippen LogP contribution in [-0.4, -0.2) is 52.8 Å². The number of nitrogens with one attached hydrogen (secondary N) is 1. The summed E-state index contributed by atoms with van der Waals surface area (Å²) in [6, 6.07) is -0.326. The maximum absolute atomic E-state index is 13.0. The zero-order chi connectivity index (χ0) is 18.8. The Kier molecular flexibility index (Phi) is 5.91. The first-order valence-electron chi connectivity index (χ1n) is 9.34. The fourth-order valence-electron chi connectivity index (χ4n) is 3.94. The maximum Gasteiger partial charge on any atom is 0.325 e. The second-order valence-corrected chi connectivity index (χ2v) is 7.51. The molecule has 2 unspecified atom stereocenters. The Hall–Kier alpha value is -1.85. The van der Waals surface area contributed by atoms with Gasteiger partial charge in [-0.3, -0.25) is 14.5 Å². The molecule has 0 aliphatic carbocycles. The van der Waals surface area contributed by atoms with Gasteiger partial charge in [0.1, 0.15) is 5.54 Å². The third-order valence-corrected chi connectivity index (χ3v) is 5.73. The van der Waals surface area contributed by atoms with Crippen molar-refractivity contribution in [2.45, 2.75) is 58.9 Å². The number of hydrogen-bond acceptors (Lipinski definition) is 3. The summed E-state index contributed by atoms with van der Waals surface area (Å²) in [5.74, 6) is 0.146. The van der Waals surface area contributed by atoms with E-state index in [9.17, 15) is 14.4 Å². The van der Waals surface area contributed by atoms with Crippen molar-refractivity contribution in [1.29, 1.82) is 0 Å². The van der Waals surface area contributed by atoms with E-state index in [0.29, 0.717) is 19.5 Å². The zero-order valence-corrected chi connectivity index (χ0v) is 15.9. The molecule has 1 N–H and O–H groups in total. The van der Waals surface area contributed by atoms with Crippen molar-refractivity contribution in [3.63, 3.8) is 0 Å². The summed E-state index contributed by atoms with van der Waals surface area (Å²) >= 11 is 0. The number of nitrogens with zero attached hydrogens (tertiary/aromatic N) is 2. The molecule has 2 heterocycles. The van der Waals surface area contributed by atoms with E-state index in [4.69, 9.17) is 0 Å². The van der Waals surface area contributed by atoms with E-state index < -0.39 is 5.54 Å². The smallest absolute Gasteiger partial charge is 0.325 e. The zero-order valence-electron chi connectivity index (χ0n) is 15.9. The molecule has 2 aliphatic rings. The summed E-state index contributed by atoms with van der Waals surface area (Å²) in [5, 5.41) is 2.96. The molecule has 4 amide bonds. The van der Waals surface area contributed by atoms with Gasteiger partial charge < -0.3 is 10.2 Å². The normalized spacial score (nSPS) is 25.9. The maximum atomic E-state index is 13.0. The van der Waals surface area contributed by atoms with Gasteiger partial charge in [-0.25, -0.2) is 4.79 Å². The summed E-state index contributed by atoms with van der Waals surface area (Å²) < 4.78 is 0. The quantitative estimate of drug-likeness (QED) is 0.592. The van der Waals surface area contributed by atoms with Crippen molar-refractivity contribution in [2.75, 3.05) is 19.6 Å². The lowest BCUT2D eigenvalue weighted by molar-refractivity contribution is -0.138. The molecule has 0 aromatic heterocycles. The van der Waals surface area contributed by atoms with E-state index in [1.54, 1.807) is 0 Å². The van der Waals surface area contributed by atoms with Gasteiger partial charge in [-0.15, -0.1) is 0 Å². The van der Waals surface area contributed by atoms with Gasteiger partial charge in [0, 0.05) is 19.0 Å². The number of imide groups is 1. The molecule has 2 rings (SSSR count). The fourth-order valence-corrected chi connectivity index (χ4v) is 3.94. The van der Waals surface area contributed by atoms with Crippen LogP contribution in [0.5, 0.6) is 0 Å². The molecule has 6 heteroatoms. The molecule has 0 spiro atoms. The Bertz CT molecular complexity index is 566. The first-order chi connectivity index (χ1) is 11.8. The number of hydrogen-bond donors (Lipinski definition) is 1. The van der Waals surface area contributed by atoms with Crippen LogP contribution in [0.25, 0.3) is 0 Å². The molecule has 2 atom stereocenters. The van der Waals surface area contributed by atoms with E-state index in [0.717, 1.165) is 24.8 Å². The standard InChI is InChI=1S/C19H31N3O3/c1-6-14(5)16(23)21-10-8-15(9-11-21)19(7-2)17(24)22(12-13(3)4)18(25)20-19/h14-15H,3,6-12H2,1-2,4-5H3,(H,20,25). The average Bonchev–Trinajstić information content (AvgIpc) is 2.85. The topological polar surface area (TPSA) is 69.7 Å². The van der Waals surface area contributed by atoms with Gasteiger partial charge in [-0.2, -0.15) is 0 Å². The highest BCUT2D eigenvalue weighted by molar-refractivity contribution is 6.07. The first-order valence-corrected chi connectivity index (χ1v) is 9.34. The number of piperidine rings is 1. The SMILES string of the molecule is C=C(C)CN1C(=O)NC(CC)(C2CCN(C(=O)C(C)CC)CC2)C1=O. The van der Waals surface area contributed by atoms with Gasteiger partial charge in [-0.05, 0) is 38.5 Å². The lowest BCUT2D eigenvalue weighted by atomic mass is 9.75. The van der Waals surface area contributed by atoms with Crippen molar-refractivity contribution < 1.29 is 14.4 Å². The predicted octanol–water partition coefficient (Wildman–Crippen LogP) is 2.55. The molecule has 0 aromatic rings. The number of rotatable bonds is 6. The number of carbonyl (C=O) groups is 3. The van der Waals surface area contributed by atoms with Crippen LogP contribution in [0.3, 0.4) is 0 Å². The molecule has 6 nitrogen and oxygen atoms in total. The molecule has 2 aliphatic heterocycles. The third kappa shape index (κ3) is 3.58. The van der Waals surface area contributed by atoms with E-state index >= 15 is 0 Å². The second kappa shape index (κ2) is 7.58. The molecule has 0 radical (unpaired) electrons. The molecular formula is C19H31N3O3. The van der Waals surface area contributed by atoms with Crippen LogP contribution in [-0.2, 0) is 9.59 Å². The largest absolute Gasteiger partial charge is 0.342 e. The Morgan fingerprint density at radius 3 is 2.40 bits per heavy atom. The van der Waals surface area contributed by atoms with Crippen molar-refractivity contribution in [3.05, 3.63) is 12.2 Å². The van der Waals surface area contributed by atoms with Crippen LogP contribution >= 0.6 is 0 Å². The predicted molar refractivity (Wildman–Crippen MR) is 96.8 cm³/mol. The monoisotopic (exact) mass is 349 g/mol. The molecule has 0 bridgehead atoms. The molecule has 0 aromatic carbocycles. The third-order valence-electron chi connectivity index (χ3n) is 5.73. The Morgan fingerprint density at radius 2 is 1.92 bits per heavy atom. The van der Waals surface area contributed by atoms with Gasteiger partial charge in [0.25, 0.3) is 5.91 Å². The fraction of sp³-hybridized carbons (Fsp3) is 0.737. The van der Waals surface area contributed by atoms with Crippen molar-refractivity contribution in [1.82, 2.24) is 15.1 Å². The average molecular weight is 349 g/mol. The van der Waals surface area contributed by atoms with Crippen LogP contribution in [0.2, 0.25) is 0 Å². The highest BCUT2D eigenvalue weighted by Crippen LogP contribution is 2.36. The van der Waals surface area contributed by atoms with Crippen LogP contribution in [0.4, 0.5) is 4.79 Å². The highest BCUT2D eigenvalue weighted by Gasteiger charge is 2.54. The van der Waals surface area contributed by atoms with E-state index in [-0.39, 0.29) is 36.2 Å². The van der Waals surface area contributed by atoms with Crippen molar-refractivity contribution in [2.24, 2.45) is 11.8 Å². The molecule has 2 fully saturated rings. The second-order valence-electron chi connectivity index (χ2n) is 7.51. The Labute approximate surface area is 150 Å². The summed E-state index contributed by atoms with van der Waals surface area (Å²) in [6.45, 7) is 13.1. The summed E-state index contributed by atoms with van der Waals surface area (Å²) in [7, 11) is 0. The van der Waals surface area contributed by atoms with Crippen molar-refractivity contribution >= 4 is 17.8 Å². The van der Waals surface area contributed by atoms with E-state index in [2.05, 4.69) is 11.9 Å². The highest BCUT2D eigenvalue weighted by atomic mass is 16.2. The van der Waals surface area contributed by atoms with Crippen LogP contribution in [0.15, 0.2) is 12.2 Å². The van der Waals surface area contributed by atoms with Gasteiger partial charge >= 0.3 is 6.03 Å². The van der Waals surface area contributed by atoms with Crippen LogP contribution < -0.4 is 5.32 Å². The molecule has 25 heavy (non-hydrogen) atoms. The van der Waals surface area contributed by atoms with Gasteiger partial charge in [0.15, 0.2) is 0 Å². The summed E-state index contributed by atoms with van der Waals surface area (Å²) in [6.07, 6.45) is 2.88. The minimum absolute atomic E-state index is 0.0376. The molecular weight excluding hydrogens is 318 g/mol.